The van der Waals surface area contributed by atoms with Gasteiger partial charge in [0.2, 0.25) is 6.41 Å². The Kier molecular flexibility index (Phi) is 5.37. The number of carbonyl (C=O) groups excluding carboxylic acids is 2. The van der Waals surface area contributed by atoms with Crippen LogP contribution in [0.2, 0.25) is 0 Å². The van der Waals surface area contributed by atoms with Crippen LogP contribution in [0.15, 0.2) is 0 Å². The first-order valence-corrected chi connectivity index (χ1v) is 6.07. The lowest BCUT2D eigenvalue weighted by molar-refractivity contribution is -0.156. The maximum Gasteiger partial charge on any atom is 0.254 e. The molecule has 2 N–H and O–H groups in total. The molecule has 0 aromatic heterocycles. The second-order valence-electron chi connectivity index (χ2n) is 4.72. The van der Waals surface area contributed by atoms with Crippen molar-refractivity contribution in [1.29, 1.82) is 0 Å². The SMILES string of the molecule is Cl.O=CN1CCN(C(=O)C2(O)CCNCC2)CC1. The number of hydrogen-bond acceptors (Lipinski definition) is 4. The van der Waals surface area contributed by atoms with E-state index in [9.17, 15) is 14.7 Å². The third kappa shape index (κ3) is 3.13. The molecule has 2 amide bonds. The first-order chi connectivity index (χ1) is 8.15. The van der Waals surface area contributed by atoms with E-state index in [1.54, 1.807) is 9.80 Å². The predicted molar refractivity (Wildman–Crippen MR) is 68.5 cm³/mol. The van der Waals surface area contributed by atoms with Gasteiger partial charge in [0.05, 0.1) is 0 Å². The van der Waals surface area contributed by atoms with Gasteiger partial charge in [0, 0.05) is 26.2 Å². The zero-order valence-corrected chi connectivity index (χ0v) is 11.1. The van der Waals surface area contributed by atoms with E-state index in [-0.39, 0.29) is 18.3 Å². The van der Waals surface area contributed by atoms with Gasteiger partial charge in [0.25, 0.3) is 5.91 Å². The summed E-state index contributed by atoms with van der Waals surface area (Å²) in [5, 5.41) is 13.4. The van der Waals surface area contributed by atoms with Crippen molar-refractivity contribution in [3.05, 3.63) is 0 Å². The lowest BCUT2D eigenvalue weighted by atomic mass is 9.90. The van der Waals surface area contributed by atoms with Crippen molar-refractivity contribution < 1.29 is 14.7 Å². The highest BCUT2D eigenvalue weighted by atomic mass is 35.5. The van der Waals surface area contributed by atoms with Crippen molar-refractivity contribution in [2.45, 2.75) is 18.4 Å². The van der Waals surface area contributed by atoms with Crippen molar-refractivity contribution in [2.24, 2.45) is 0 Å². The van der Waals surface area contributed by atoms with Crippen LogP contribution in [0, 0.1) is 0 Å². The van der Waals surface area contributed by atoms with Gasteiger partial charge in [-0.1, -0.05) is 0 Å². The molecule has 0 spiro atoms. The summed E-state index contributed by atoms with van der Waals surface area (Å²) < 4.78 is 0. The summed E-state index contributed by atoms with van der Waals surface area (Å²) in [5.41, 5.74) is -1.20. The van der Waals surface area contributed by atoms with Gasteiger partial charge in [-0.2, -0.15) is 0 Å². The van der Waals surface area contributed by atoms with Gasteiger partial charge in [-0.05, 0) is 25.9 Å². The van der Waals surface area contributed by atoms with Crippen LogP contribution in [0.1, 0.15) is 12.8 Å². The number of halogens is 1. The quantitative estimate of drug-likeness (QED) is 0.624. The standard InChI is InChI=1S/C11H19N3O3.ClH/c15-9-13-5-7-14(8-6-13)10(16)11(17)1-3-12-4-2-11;/h9,12,17H,1-8H2;1H. The lowest BCUT2D eigenvalue weighted by Gasteiger charge is -2.39. The monoisotopic (exact) mass is 277 g/mol. The minimum atomic E-state index is -1.20. The number of piperazine rings is 1. The third-order valence-electron chi connectivity index (χ3n) is 3.58. The molecule has 2 aliphatic heterocycles. The molecule has 18 heavy (non-hydrogen) atoms. The van der Waals surface area contributed by atoms with Gasteiger partial charge in [-0.3, -0.25) is 9.59 Å². The van der Waals surface area contributed by atoms with Gasteiger partial charge in [-0.15, -0.1) is 12.4 Å². The van der Waals surface area contributed by atoms with Crippen LogP contribution in [0.3, 0.4) is 0 Å². The van der Waals surface area contributed by atoms with Crippen molar-refractivity contribution in [3.8, 4) is 0 Å². The number of rotatable bonds is 2. The number of carbonyl (C=O) groups is 2. The van der Waals surface area contributed by atoms with Crippen LogP contribution in [-0.2, 0) is 9.59 Å². The molecule has 2 rings (SSSR count). The lowest BCUT2D eigenvalue weighted by Crippen LogP contribution is -2.58. The van der Waals surface area contributed by atoms with E-state index >= 15 is 0 Å². The van der Waals surface area contributed by atoms with Crippen molar-refractivity contribution in [1.82, 2.24) is 15.1 Å². The molecule has 0 aromatic carbocycles. The zero-order valence-electron chi connectivity index (χ0n) is 10.3. The topological polar surface area (TPSA) is 72.9 Å². The number of aliphatic hydroxyl groups is 1. The predicted octanol–water partition coefficient (Wildman–Crippen LogP) is -1.18. The molecule has 0 atom stereocenters. The van der Waals surface area contributed by atoms with Crippen LogP contribution < -0.4 is 5.32 Å². The summed E-state index contributed by atoms with van der Waals surface area (Å²) >= 11 is 0. The van der Waals surface area contributed by atoms with E-state index in [1.807, 2.05) is 0 Å². The Morgan fingerprint density at radius 3 is 2.22 bits per heavy atom. The molecule has 0 bridgehead atoms. The summed E-state index contributed by atoms with van der Waals surface area (Å²) in [7, 11) is 0. The molecule has 7 heteroatoms. The highest BCUT2D eigenvalue weighted by Crippen LogP contribution is 2.21. The fraction of sp³-hybridized carbons (Fsp3) is 0.818. The van der Waals surface area contributed by atoms with Crippen LogP contribution >= 0.6 is 12.4 Å². The fourth-order valence-corrected chi connectivity index (χ4v) is 2.38. The Balaban J connectivity index is 0.00000162. The molecule has 6 nitrogen and oxygen atoms in total. The summed E-state index contributed by atoms with van der Waals surface area (Å²) in [6.45, 7) is 3.51. The summed E-state index contributed by atoms with van der Waals surface area (Å²) in [6, 6.07) is 0. The van der Waals surface area contributed by atoms with E-state index in [0.29, 0.717) is 52.1 Å². The smallest absolute Gasteiger partial charge is 0.254 e. The largest absolute Gasteiger partial charge is 0.380 e. The van der Waals surface area contributed by atoms with Crippen LogP contribution in [0.25, 0.3) is 0 Å². The molecule has 2 heterocycles. The molecule has 0 unspecified atom stereocenters. The van der Waals surface area contributed by atoms with Gasteiger partial charge < -0.3 is 20.2 Å². The number of nitrogens with zero attached hydrogens (tertiary/aromatic N) is 2. The van der Waals surface area contributed by atoms with E-state index in [4.69, 9.17) is 0 Å². The average molecular weight is 278 g/mol. The van der Waals surface area contributed by atoms with Crippen molar-refractivity contribution in [3.63, 3.8) is 0 Å². The molecule has 0 radical (unpaired) electrons. The zero-order chi connectivity index (χ0) is 12.3. The third-order valence-corrected chi connectivity index (χ3v) is 3.58. The number of nitrogens with one attached hydrogen (secondary N) is 1. The molecule has 2 saturated heterocycles. The Labute approximate surface area is 113 Å². The second-order valence-corrected chi connectivity index (χ2v) is 4.72. The molecular formula is C11H20ClN3O3. The Morgan fingerprint density at radius 2 is 1.72 bits per heavy atom. The van der Waals surface area contributed by atoms with Crippen LogP contribution in [0.5, 0.6) is 0 Å². The first-order valence-electron chi connectivity index (χ1n) is 6.07. The fourth-order valence-electron chi connectivity index (χ4n) is 2.38. The average Bonchev–Trinajstić information content (AvgIpc) is 2.39. The van der Waals surface area contributed by atoms with Gasteiger partial charge >= 0.3 is 0 Å². The number of amides is 2. The molecule has 104 valence electrons. The Hall–Kier alpha value is -0.850. The Bertz CT molecular complexity index is 300. The molecular weight excluding hydrogens is 258 g/mol. The number of piperidine rings is 1. The maximum absolute atomic E-state index is 12.2. The normalized spacial score (nSPS) is 23.2. The highest BCUT2D eigenvalue weighted by molar-refractivity contribution is 5.85. The number of hydrogen-bond donors (Lipinski definition) is 2. The minimum absolute atomic E-state index is 0. The Morgan fingerprint density at radius 1 is 1.17 bits per heavy atom. The summed E-state index contributed by atoms with van der Waals surface area (Å²) in [5.74, 6) is -0.176. The highest BCUT2D eigenvalue weighted by Gasteiger charge is 2.40. The van der Waals surface area contributed by atoms with E-state index in [0.717, 1.165) is 6.41 Å². The molecule has 0 aromatic rings. The molecule has 2 fully saturated rings. The molecule has 0 aliphatic carbocycles. The van der Waals surface area contributed by atoms with Gasteiger partial charge in [0.15, 0.2) is 0 Å². The minimum Gasteiger partial charge on any atom is -0.380 e. The van der Waals surface area contributed by atoms with E-state index in [1.165, 1.54) is 0 Å². The molecule has 0 saturated carbocycles. The summed E-state index contributed by atoms with van der Waals surface area (Å²) in [6.07, 6.45) is 1.75. The van der Waals surface area contributed by atoms with Gasteiger partial charge in [0.1, 0.15) is 5.60 Å². The summed E-state index contributed by atoms with van der Waals surface area (Å²) in [4.78, 5) is 26.1. The van der Waals surface area contributed by atoms with Gasteiger partial charge in [-0.25, -0.2) is 0 Å². The van der Waals surface area contributed by atoms with Crippen molar-refractivity contribution in [2.75, 3.05) is 39.3 Å². The molecule has 2 aliphatic rings. The van der Waals surface area contributed by atoms with E-state index < -0.39 is 5.60 Å². The maximum atomic E-state index is 12.2. The van der Waals surface area contributed by atoms with Crippen molar-refractivity contribution >= 4 is 24.7 Å². The second kappa shape index (κ2) is 6.36. The van der Waals surface area contributed by atoms with E-state index in [2.05, 4.69) is 5.32 Å². The van der Waals surface area contributed by atoms with Crippen LogP contribution in [-0.4, -0.2) is 72.1 Å². The van der Waals surface area contributed by atoms with Crippen LogP contribution in [0.4, 0.5) is 0 Å². The first kappa shape index (κ1) is 15.2.